The largest absolute Gasteiger partial charge is 0.352 e. The fraction of sp³-hybridized carbons (Fsp3) is 0.158. The zero-order valence-corrected chi connectivity index (χ0v) is 15.6. The van der Waals surface area contributed by atoms with Gasteiger partial charge in [-0.3, -0.25) is 4.79 Å². The normalized spacial score (nSPS) is 11.3. The van der Waals surface area contributed by atoms with E-state index in [1.807, 2.05) is 36.5 Å². The van der Waals surface area contributed by atoms with Crippen LogP contribution < -0.4 is 10.0 Å². The van der Waals surface area contributed by atoms with Crippen LogP contribution in [-0.2, 0) is 16.4 Å². The first-order valence-corrected chi connectivity index (χ1v) is 9.89. The van der Waals surface area contributed by atoms with Gasteiger partial charge in [0.25, 0.3) is 5.91 Å². The van der Waals surface area contributed by atoms with Crippen LogP contribution in [0.15, 0.2) is 71.9 Å². The summed E-state index contributed by atoms with van der Waals surface area (Å²) < 4.78 is 27.4. The highest BCUT2D eigenvalue weighted by atomic mass is 32.2. The molecule has 2 aromatic carbocycles. The van der Waals surface area contributed by atoms with Crippen LogP contribution in [0.5, 0.6) is 0 Å². The van der Waals surface area contributed by atoms with Crippen LogP contribution in [0.25, 0.3) is 5.69 Å². The fourth-order valence-corrected chi connectivity index (χ4v) is 3.27. The predicted molar refractivity (Wildman–Crippen MR) is 102 cm³/mol. The van der Waals surface area contributed by atoms with Crippen molar-refractivity contribution < 1.29 is 13.2 Å². The van der Waals surface area contributed by atoms with Gasteiger partial charge in [-0.1, -0.05) is 18.2 Å². The van der Waals surface area contributed by atoms with Crippen LogP contribution >= 0.6 is 0 Å². The summed E-state index contributed by atoms with van der Waals surface area (Å²) in [6, 6.07) is 15.6. The van der Waals surface area contributed by atoms with Gasteiger partial charge in [0.2, 0.25) is 10.0 Å². The van der Waals surface area contributed by atoms with Crippen molar-refractivity contribution in [2.75, 3.05) is 13.6 Å². The molecule has 0 aliphatic carbocycles. The van der Waals surface area contributed by atoms with E-state index >= 15 is 0 Å². The molecule has 2 N–H and O–H groups in total. The number of nitrogens with one attached hydrogen (secondary N) is 2. The molecule has 0 bridgehead atoms. The van der Waals surface area contributed by atoms with E-state index in [2.05, 4.69) is 15.1 Å². The van der Waals surface area contributed by atoms with Crippen molar-refractivity contribution in [3.8, 4) is 5.69 Å². The first-order valence-electron chi connectivity index (χ1n) is 8.40. The number of hydrogen-bond acceptors (Lipinski definition) is 4. The topological polar surface area (TPSA) is 93.1 Å². The molecule has 0 fully saturated rings. The minimum absolute atomic E-state index is 0.120. The average molecular weight is 384 g/mol. The van der Waals surface area contributed by atoms with Gasteiger partial charge in [0.05, 0.1) is 16.8 Å². The van der Waals surface area contributed by atoms with Gasteiger partial charge in [-0.05, 0) is 55.4 Å². The Balaban J connectivity index is 1.55. The van der Waals surface area contributed by atoms with E-state index in [-0.39, 0.29) is 10.8 Å². The molecule has 3 aromatic rings. The van der Waals surface area contributed by atoms with Gasteiger partial charge < -0.3 is 5.32 Å². The predicted octanol–water partition coefficient (Wildman–Crippen LogP) is 1.75. The van der Waals surface area contributed by atoms with E-state index in [0.29, 0.717) is 18.5 Å². The molecular formula is C19H20N4O3S. The maximum Gasteiger partial charge on any atom is 0.251 e. The monoisotopic (exact) mass is 384 g/mol. The van der Waals surface area contributed by atoms with Gasteiger partial charge in [0.15, 0.2) is 0 Å². The summed E-state index contributed by atoms with van der Waals surface area (Å²) in [6.45, 7) is 0.454. The number of para-hydroxylation sites is 1. The molecule has 1 heterocycles. The lowest BCUT2D eigenvalue weighted by Gasteiger charge is -2.06. The van der Waals surface area contributed by atoms with Crippen LogP contribution in [0.4, 0.5) is 0 Å². The Morgan fingerprint density at radius 1 is 1.07 bits per heavy atom. The first-order chi connectivity index (χ1) is 13.0. The summed E-state index contributed by atoms with van der Waals surface area (Å²) in [4.78, 5) is 12.3. The number of rotatable bonds is 7. The van der Waals surface area contributed by atoms with Gasteiger partial charge >= 0.3 is 0 Å². The Bertz CT molecular complexity index is 1010. The smallest absolute Gasteiger partial charge is 0.251 e. The number of benzene rings is 2. The number of sulfonamides is 1. The molecule has 0 spiro atoms. The lowest BCUT2D eigenvalue weighted by atomic mass is 10.2. The molecule has 0 aliphatic heterocycles. The number of carbonyl (C=O) groups excluding carboxylic acids is 1. The zero-order valence-electron chi connectivity index (χ0n) is 14.8. The van der Waals surface area contributed by atoms with E-state index in [9.17, 15) is 13.2 Å². The summed E-state index contributed by atoms with van der Waals surface area (Å²) in [7, 11) is -2.16. The highest BCUT2D eigenvalue weighted by Crippen LogP contribution is 2.10. The molecule has 0 atom stereocenters. The number of aromatic nitrogens is 2. The van der Waals surface area contributed by atoms with Crippen LogP contribution in [0.2, 0.25) is 0 Å². The summed E-state index contributed by atoms with van der Waals surface area (Å²) in [6.07, 6.45) is 4.35. The molecule has 0 unspecified atom stereocenters. The van der Waals surface area contributed by atoms with E-state index < -0.39 is 10.0 Å². The SMILES string of the molecule is CNS(=O)(=O)c1ccc(C(=O)NCCc2cnn(-c3ccccc3)c2)cc1. The van der Waals surface area contributed by atoms with E-state index in [1.165, 1.54) is 31.3 Å². The molecule has 1 aromatic heterocycles. The lowest BCUT2D eigenvalue weighted by Crippen LogP contribution is -2.25. The van der Waals surface area contributed by atoms with E-state index in [1.54, 1.807) is 10.9 Å². The number of nitrogens with zero attached hydrogens (tertiary/aromatic N) is 2. The summed E-state index contributed by atoms with van der Waals surface area (Å²) in [5.74, 6) is -0.251. The number of hydrogen-bond donors (Lipinski definition) is 2. The molecule has 27 heavy (non-hydrogen) atoms. The minimum atomic E-state index is -3.51. The van der Waals surface area contributed by atoms with Crippen LogP contribution in [0, 0.1) is 0 Å². The van der Waals surface area contributed by atoms with Crippen molar-refractivity contribution in [2.45, 2.75) is 11.3 Å². The van der Waals surface area contributed by atoms with Gasteiger partial charge in [0, 0.05) is 18.3 Å². The summed E-state index contributed by atoms with van der Waals surface area (Å²) in [5.41, 5.74) is 2.39. The molecule has 1 amide bonds. The maximum atomic E-state index is 12.2. The average Bonchev–Trinajstić information content (AvgIpc) is 3.17. The first kappa shape index (κ1) is 18.8. The van der Waals surface area contributed by atoms with Crippen molar-refractivity contribution in [2.24, 2.45) is 0 Å². The fourth-order valence-electron chi connectivity index (χ4n) is 2.54. The molecule has 0 radical (unpaired) electrons. The van der Waals surface area contributed by atoms with Gasteiger partial charge in [-0.25, -0.2) is 17.8 Å². The molecule has 140 valence electrons. The second-order valence-corrected chi connectivity index (χ2v) is 7.75. The molecular weight excluding hydrogens is 364 g/mol. The molecule has 0 saturated heterocycles. The third-order valence-electron chi connectivity index (χ3n) is 4.05. The second-order valence-electron chi connectivity index (χ2n) is 5.87. The standard InChI is InChI=1S/C19H20N4O3S/c1-20-27(25,26)18-9-7-16(8-10-18)19(24)21-12-11-15-13-22-23(14-15)17-5-3-2-4-6-17/h2-10,13-14,20H,11-12H2,1H3,(H,21,24). The maximum absolute atomic E-state index is 12.2. The van der Waals surface area contributed by atoms with Gasteiger partial charge in [-0.15, -0.1) is 0 Å². The Labute approximate surface area is 158 Å². The van der Waals surface area contributed by atoms with Crippen LogP contribution in [-0.4, -0.2) is 37.7 Å². The van der Waals surface area contributed by atoms with Crippen molar-refractivity contribution in [3.63, 3.8) is 0 Å². The Hall–Kier alpha value is -2.97. The van der Waals surface area contributed by atoms with Crippen molar-refractivity contribution >= 4 is 15.9 Å². The van der Waals surface area contributed by atoms with Crippen molar-refractivity contribution in [1.29, 1.82) is 0 Å². The molecule has 3 rings (SSSR count). The number of amides is 1. The quantitative estimate of drug-likeness (QED) is 0.649. The highest BCUT2D eigenvalue weighted by Gasteiger charge is 2.12. The van der Waals surface area contributed by atoms with Crippen LogP contribution in [0.1, 0.15) is 15.9 Å². The molecule has 8 heteroatoms. The molecule has 7 nitrogen and oxygen atoms in total. The Kier molecular flexibility index (Phi) is 5.68. The zero-order chi connectivity index (χ0) is 19.3. The number of carbonyl (C=O) groups is 1. The Morgan fingerprint density at radius 3 is 2.44 bits per heavy atom. The second kappa shape index (κ2) is 8.15. The van der Waals surface area contributed by atoms with E-state index in [4.69, 9.17) is 0 Å². The Morgan fingerprint density at radius 2 is 1.78 bits per heavy atom. The minimum Gasteiger partial charge on any atom is -0.352 e. The van der Waals surface area contributed by atoms with Crippen LogP contribution in [0.3, 0.4) is 0 Å². The van der Waals surface area contributed by atoms with Crippen molar-refractivity contribution in [3.05, 3.63) is 78.1 Å². The highest BCUT2D eigenvalue weighted by molar-refractivity contribution is 7.89. The third-order valence-corrected chi connectivity index (χ3v) is 5.48. The van der Waals surface area contributed by atoms with Gasteiger partial charge in [0.1, 0.15) is 0 Å². The third kappa shape index (κ3) is 4.60. The summed E-state index contributed by atoms with van der Waals surface area (Å²) >= 11 is 0. The summed E-state index contributed by atoms with van der Waals surface area (Å²) in [5, 5.41) is 7.15. The van der Waals surface area contributed by atoms with Gasteiger partial charge in [-0.2, -0.15) is 5.10 Å². The lowest BCUT2D eigenvalue weighted by molar-refractivity contribution is 0.0954. The molecule has 0 aliphatic rings. The molecule has 0 saturated carbocycles. The van der Waals surface area contributed by atoms with Crippen molar-refractivity contribution in [1.82, 2.24) is 19.8 Å². The van der Waals surface area contributed by atoms with E-state index in [0.717, 1.165) is 11.3 Å².